The topological polar surface area (TPSA) is 88.0 Å². The number of carbonyl (C=O) groups is 1. The van der Waals surface area contributed by atoms with Crippen molar-refractivity contribution >= 4 is 5.97 Å². The van der Waals surface area contributed by atoms with Gasteiger partial charge in [0.05, 0.1) is 23.4 Å². The zero-order valence-electron chi connectivity index (χ0n) is 9.17. The van der Waals surface area contributed by atoms with E-state index in [0.717, 1.165) is 0 Å². The van der Waals surface area contributed by atoms with Crippen LogP contribution in [0.5, 0.6) is 0 Å². The molecule has 0 spiro atoms. The molecule has 2 aromatic rings. The maximum Gasteiger partial charge on any atom is 0.308 e. The minimum absolute atomic E-state index is 0.221. The number of nitrogens with one attached hydrogen (secondary N) is 1. The first-order valence-electron chi connectivity index (χ1n) is 5.00. The molecular formula is C11H11N3O3. The number of H-pyrrole nitrogens is 1. The van der Waals surface area contributed by atoms with E-state index in [1.54, 1.807) is 31.4 Å². The summed E-state index contributed by atoms with van der Waals surface area (Å²) in [5.74, 6) is -1.04. The summed E-state index contributed by atoms with van der Waals surface area (Å²) >= 11 is 0. The molecule has 2 N–H and O–H groups in total. The highest BCUT2D eigenvalue weighted by atomic mass is 16.4. The fourth-order valence-electron chi connectivity index (χ4n) is 1.63. The molecule has 0 bridgehead atoms. The van der Waals surface area contributed by atoms with Crippen LogP contribution >= 0.6 is 0 Å². The third-order valence-electron chi connectivity index (χ3n) is 2.39. The third kappa shape index (κ3) is 2.10. The lowest BCUT2D eigenvalue weighted by Crippen LogP contribution is -2.17. The van der Waals surface area contributed by atoms with Crippen LogP contribution in [0.1, 0.15) is 5.56 Å². The normalized spacial score (nSPS) is 10.4. The molecule has 6 heteroatoms. The Bertz CT molecular complexity index is 598. The molecule has 6 nitrogen and oxygen atoms in total. The van der Waals surface area contributed by atoms with Crippen LogP contribution in [0, 0.1) is 0 Å². The van der Waals surface area contributed by atoms with Gasteiger partial charge in [-0.2, -0.15) is 0 Å². The second-order valence-corrected chi connectivity index (χ2v) is 3.62. The van der Waals surface area contributed by atoms with Crippen molar-refractivity contribution < 1.29 is 9.90 Å². The summed E-state index contributed by atoms with van der Waals surface area (Å²) < 4.78 is 1.25. The number of aliphatic carboxylic acids is 1. The summed E-state index contributed by atoms with van der Waals surface area (Å²) in [5.41, 5.74) is 0.897. The predicted octanol–water partition coefficient (Wildman–Crippen LogP) is 0.402. The van der Waals surface area contributed by atoms with E-state index in [0.29, 0.717) is 11.4 Å². The van der Waals surface area contributed by atoms with E-state index in [-0.39, 0.29) is 17.5 Å². The Kier molecular flexibility index (Phi) is 2.78. The highest BCUT2D eigenvalue weighted by Crippen LogP contribution is 2.16. The Morgan fingerprint density at radius 2 is 2.29 bits per heavy atom. The van der Waals surface area contributed by atoms with Crippen LogP contribution in [-0.2, 0) is 18.3 Å². The lowest BCUT2D eigenvalue weighted by Gasteiger charge is -1.98. The number of aromatic nitrogens is 3. The summed E-state index contributed by atoms with van der Waals surface area (Å²) in [4.78, 5) is 26.6. The lowest BCUT2D eigenvalue weighted by atomic mass is 10.1. The first-order chi connectivity index (χ1) is 8.09. The summed E-state index contributed by atoms with van der Waals surface area (Å²) in [6, 6.07) is 5.25. The van der Waals surface area contributed by atoms with E-state index in [2.05, 4.69) is 10.1 Å². The van der Waals surface area contributed by atoms with Crippen LogP contribution in [0.3, 0.4) is 0 Å². The molecule has 0 atom stereocenters. The maximum atomic E-state index is 11.7. The molecule has 88 valence electrons. The number of pyridine rings is 1. The second kappa shape index (κ2) is 4.25. The molecule has 2 heterocycles. The molecule has 0 saturated heterocycles. The monoisotopic (exact) mass is 233 g/mol. The first-order valence-corrected chi connectivity index (χ1v) is 5.00. The first kappa shape index (κ1) is 11.1. The van der Waals surface area contributed by atoms with E-state index in [4.69, 9.17) is 5.11 Å². The summed E-state index contributed by atoms with van der Waals surface area (Å²) in [7, 11) is 1.54. The Morgan fingerprint density at radius 1 is 1.53 bits per heavy atom. The van der Waals surface area contributed by atoms with Gasteiger partial charge in [-0.1, -0.05) is 6.07 Å². The van der Waals surface area contributed by atoms with Crippen LogP contribution in [0.4, 0.5) is 0 Å². The van der Waals surface area contributed by atoms with Gasteiger partial charge >= 0.3 is 5.97 Å². The SMILES string of the molecule is Cn1[nH]c(-c2ccccn2)c(CC(=O)O)c1=O. The number of hydrogen-bond donors (Lipinski definition) is 2. The molecule has 0 radical (unpaired) electrons. The quantitative estimate of drug-likeness (QED) is 0.803. The van der Waals surface area contributed by atoms with Crippen LogP contribution < -0.4 is 5.56 Å². The molecule has 2 aromatic heterocycles. The van der Waals surface area contributed by atoms with Crippen molar-refractivity contribution in [3.8, 4) is 11.4 Å². The fraction of sp³-hybridized carbons (Fsp3) is 0.182. The second-order valence-electron chi connectivity index (χ2n) is 3.62. The van der Waals surface area contributed by atoms with Crippen molar-refractivity contribution in [2.75, 3.05) is 0 Å². The van der Waals surface area contributed by atoms with Crippen molar-refractivity contribution in [2.24, 2.45) is 7.05 Å². The predicted molar refractivity (Wildman–Crippen MR) is 60.6 cm³/mol. The molecule has 0 amide bonds. The summed E-state index contributed by atoms with van der Waals surface area (Å²) in [6.45, 7) is 0. The van der Waals surface area contributed by atoms with Gasteiger partial charge in [0.15, 0.2) is 0 Å². The zero-order valence-corrected chi connectivity index (χ0v) is 9.17. The number of aryl methyl sites for hydroxylation is 1. The minimum atomic E-state index is -1.04. The Labute approximate surface area is 96.5 Å². The molecule has 2 rings (SSSR count). The number of nitrogens with zero attached hydrogens (tertiary/aromatic N) is 2. The zero-order chi connectivity index (χ0) is 12.4. The van der Waals surface area contributed by atoms with E-state index in [1.807, 2.05) is 0 Å². The number of carboxylic acids is 1. The van der Waals surface area contributed by atoms with Gasteiger partial charge in [0.25, 0.3) is 5.56 Å². The number of rotatable bonds is 3. The Hall–Kier alpha value is -2.37. The maximum absolute atomic E-state index is 11.7. The fourth-order valence-corrected chi connectivity index (χ4v) is 1.63. The van der Waals surface area contributed by atoms with Gasteiger partial charge < -0.3 is 5.11 Å². The molecule has 0 aromatic carbocycles. The van der Waals surface area contributed by atoms with E-state index >= 15 is 0 Å². The molecule has 0 fully saturated rings. The van der Waals surface area contributed by atoms with Crippen molar-refractivity contribution in [1.29, 1.82) is 0 Å². The highest BCUT2D eigenvalue weighted by molar-refractivity contribution is 5.73. The average molecular weight is 233 g/mol. The van der Waals surface area contributed by atoms with E-state index in [9.17, 15) is 9.59 Å². The molecule has 0 unspecified atom stereocenters. The van der Waals surface area contributed by atoms with Gasteiger partial charge in [0.1, 0.15) is 0 Å². The largest absolute Gasteiger partial charge is 0.481 e. The molecule has 0 aliphatic carbocycles. The smallest absolute Gasteiger partial charge is 0.308 e. The van der Waals surface area contributed by atoms with Crippen molar-refractivity contribution in [1.82, 2.24) is 14.8 Å². The van der Waals surface area contributed by atoms with Crippen molar-refractivity contribution in [2.45, 2.75) is 6.42 Å². The van der Waals surface area contributed by atoms with Gasteiger partial charge in [-0.15, -0.1) is 0 Å². The Balaban J connectivity index is 2.58. The summed E-state index contributed by atoms with van der Waals surface area (Å²) in [5, 5.41) is 11.6. The van der Waals surface area contributed by atoms with Gasteiger partial charge in [0.2, 0.25) is 0 Å². The molecule has 0 aliphatic heterocycles. The van der Waals surface area contributed by atoms with E-state index < -0.39 is 5.97 Å². The van der Waals surface area contributed by atoms with Crippen molar-refractivity contribution in [3.05, 3.63) is 40.3 Å². The van der Waals surface area contributed by atoms with Crippen molar-refractivity contribution in [3.63, 3.8) is 0 Å². The standard InChI is InChI=1S/C11H11N3O3/c1-14-11(17)7(6-9(15)16)10(13-14)8-4-2-3-5-12-8/h2-5,13H,6H2,1H3,(H,15,16). The van der Waals surface area contributed by atoms with Crippen LogP contribution in [0.25, 0.3) is 11.4 Å². The number of carboxylic acid groups (broad SMARTS) is 1. The minimum Gasteiger partial charge on any atom is -0.481 e. The summed E-state index contributed by atoms with van der Waals surface area (Å²) in [6.07, 6.45) is 1.27. The number of aromatic amines is 1. The molecule has 0 aliphatic rings. The van der Waals surface area contributed by atoms with Gasteiger partial charge in [-0.3, -0.25) is 24.4 Å². The molecule has 17 heavy (non-hydrogen) atoms. The number of hydrogen-bond acceptors (Lipinski definition) is 3. The van der Waals surface area contributed by atoms with Crippen LogP contribution in [0.2, 0.25) is 0 Å². The lowest BCUT2D eigenvalue weighted by molar-refractivity contribution is -0.136. The van der Waals surface area contributed by atoms with E-state index in [1.165, 1.54) is 4.68 Å². The van der Waals surface area contributed by atoms with Gasteiger partial charge in [0, 0.05) is 13.2 Å². The van der Waals surface area contributed by atoms with Crippen LogP contribution in [0.15, 0.2) is 29.2 Å². The van der Waals surface area contributed by atoms with Gasteiger partial charge in [-0.05, 0) is 12.1 Å². The third-order valence-corrected chi connectivity index (χ3v) is 2.39. The van der Waals surface area contributed by atoms with Crippen LogP contribution in [-0.4, -0.2) is 25.8 Å². The Morgan fingerprint density at radius 3 is 2.88 bits per heavy atom. The molecular weight excluding hydrogens is 222 g/mol. The molecule has 0 saturated carbocycles. The highest BCUT2D eigenvalue weighted by Gasteiger charge is 2.17. The average Bonchev–Trinajstić information content (AvgIpc) is 2.58. The van der Waals surface area contributed by atoms with Gasteiger partial charge in [-0.25, -0.2) is 0 Å².